The molecule has 0 unspecified atom stereocenters. The predicted octanol–water partition coefficient (Wildman–Crippen LogP) is 3.97. The van der Waals surface area contributed by atoms with Crippen LogP contribution in [0.1, 0.15) is 11.1 Å². The summed E-state index contributed by atoms with van der Waals surface area (Å²) in [6.07, 6.45) is 0. The maximum absolute atomic E-state index is 12.6. The highest BCUT2D eigenvalue weighted by atomic mass is 79.9. The molecule has 0 atom stereocenters. The Morgan fingerprint density at radius 1 is 0.935 bits per heavy atom. The number of halogens is 1. The van der Waals surface area contributed by atoms with Crippen LogP contribution in [0.2, 0.25) is 0 Å². The van der Waals surface area contributed by atoms with Gasteiger partial charge in [-0.1, -0.05) is 22.0 Å². The number of hydrogen-bond donors (Lipinski definition) is 1. The van der Waals surface area contributed by atoms with Crippen LogP contribution in [0.3, 0.4) is 0 Å². The lowest BCUT2D eigenvalue weighted by molar-refractivity contribution is 0.208. The molecule has 0 bridgehead atoms. The summed E-state index contributed by atoms with van der Waals surface area (Å²) in [4.78, 5) is 28.9. The van der Waals surface area contributed by atoms with Gasteiger partial charge in [0.25, 0.3) is 5.56 Å². The number of amides is 2. The number of nitrogens with one attached hydrogen (secondary N) is 1. The first kappa shape index (κ1) is 21.1. The Morgan fingerprint density at radius 3 is 2.32 bits per heavy atom. The van der Waals surface area contributed by atoms with Crippen molar-refractivity contribution in [2.45, 2.75) is 13.8 Å². The Kier molecular flexibility index (Phi) is 6.08. The van der Waals surface area contributed by atoms with Crippen molar-refractivity contribution in [2.75, 3.05) is 36.4 Å². The number of carbonyl (C=O) groups excluding carboxylic acids is 1. The second-order valence-corrected chi connectivity index (χ2v) is 8.54. The zero-order chi connectivity index (χ0) is 22.0. The second kappa shape index (κ2) is 8.93. The zero-order valence-electron chi connectivity index (χ0n) is 17.5. The van der Waals surface area contributed by atoms with Gasteiger partial charge in [0, 0.05) is 42.4 Å². The molecule has 1 saturated heterocycles. The number of aromatic nitrogens is 2. The molecule has 31 heavy (non-hydrogen) atoms. The van der Waals surface area contributed by atoms with E-state index in [4.69, 9.17) is 0 Å². The number of benzene rings is 2. The Morgan fingerprint density at radius 2 is 1.65 bits per heavy atom. The molecule has 2 heterocycles. The molecule has 7 nitrogen and oxygen atoms in total. The quantitative estimate of drug-likeness (QED) is 0.614. The molecule has 0 spiro atoms. The molecule has 2 amide bonds. The van der Waals surface area contributed by atoms with E-state index >= 15 is 0 Å². The van der Waals surface area contributed by atoms with Crippen LogP contribution in [-0.2, 0) is 0 Å². The van der Waals surface area contributed by atoms with E-state index in [1.807, 2.05) is 56.3 Å². The zero-order valence-corrected chi connectivity index (χ0v) is 19.1. The van der Waals surface area contributed by atoms with Crippen LogP contribution in [-0.4, -0.2) is 46.9 Å². The molecule has 0 saturated carbocycles. The summed E-state index contributed by atoms with van der Waals surface area (Å²) in [6.45, 7) is 6.50. The van der Waals surface area contributed by atoms with Crippen molar-refractivity contribution in [3.63, 3.8) is 0 Å². The fourth-order valence-electron chi connectivity index (χ4n) is 3.49. The van der Waals surface area contributed by atoms with Crippen LogP contribution < -0.4 is 15.8 Å². The maximum atomic E-state index is 12.6. The van der Waals surface area contributed by atoms with Gasteiger partial charge < -0.3 is 15.1 Å². The van der Waals surface area contributed by atoms with Crippen molar-refractivity contribution < 1.29 is 4.79 Å². The van der Waals surface area contributed by atoms with Crippen molar-refractivity contribution in [3.8, 4) is 5.69 Å². The summed E-state index contributed by atoms with van der Waals surface area (Å²) in [5, 5.41) is 7.52. The molecule has 0 radical (unpaired) electrons. The molecular formula is C23H24BrN5O2. The van der Waals surface area contributed by atoms with Gasteiger partial charge in [-0.3, -0.25) is 4.79 Å². The number of piperazine rings is 1. The Balaban J connectivity index is 1.44. The molecule has 1 aromatic heterocycles. The fourth-order valence-corrected chi connectivity index (χ4v) is 3.75. The monoisotopic (exact) mass is 481 g/mol. The lowest BCUT2D eigenvalue weighted by atomic mass is 10.1. The normalized spacial score (nSPS) is 13.9. The van der Waals surface area contributed by atoms with Crippen LogP contribution in [0.25, 0.3) is 5.69 Å². The highest BCUT2D eigenvalue weighted by Gasteiger charge is 2.22. The highest BCUT2D eigenvalue weighted by Crippen LogP contribution is 2.17. The SMILES string of the molecule is Cc1ccc(-n2nc(N3CCN(C(=O)Nc4ccc(Br)cc4)CC3)ccc2=O)cc1C. The van der Waals surface area contributed by atoms with E-state index in [9.17, 15) is 9.59 Å². The fraction of sp³-hybridized carbons (Fsp3) is 0.261. The van der Waals surface area contributed by atoms with Crippen molar-refractivity contribution in [1.82, 2.24) is 14.7 Å². The van der Waals surface area contributed by atoms with E-state index in [2.05, 4.69) is 31.2 Å². The number of urea groups is 1. The van der Waals surface area contributed by atoms with E-state index in [1.54, 1.807) is 17.0 Å². The summed E-state index contributed by atoms with van der Waals surface area (Å²) in [5.41, 5.74) is 3.63. The molecular weight excluding hydrogens is 458 g/mol. The van der Waals surface area contributed by atoms with Gasteiger partial charge in [-0.15, -0.1) is 5.10 Å². The summed E-state index contributed by atoms with van der Waals surface area (Å²) in [6, 6.07) is 16.6. The molecule has 1 N–H and O–H groups in total. The Labute approximate surface area is 189 Å². The standard InChI is InChI=1S/C23H24BrN5O2/c1-16-3-8-20(15-17(16)2)29-22(30)10-9-21(26-29)27-11-13-28(14-12-27)23(31)25-19-6-4-18(24)5-7-19/h3-10,15H,11-14H2,1-2H3,(H,25,31). The second-order valence-electron chi connectivity index (χ2n) is 7.62. The minimum Gasteiger partial charge on any atom is -0.352 e. The lowest BCUT2D eigenvalue weighted by Gasteiger charge is -2.35. The van der Waals surface area contributed by atoms with Gasteiger partial charge in [-0.2, -0.15) is 4.68 Å². The Bertz CT molecular complexity index is 1150. The number of carbonyl (C=O) groups is 1. The lowest BCUT2D eigenvalue weighted by Crippen LogP contribution is -2.50. The van der Waals surface area contributed by atoms with E-state index in [-0.39, 0.29) is 11.6 Å². The van der Waals surface area contributed by atoms with Gasteiger partial charge >= 0.3 is 6.03 Å². The van der Waals surface area contributed by atoms with Crippen LogP contribution in [0.4, 0.5) is 16.3 Å². The molecule has 0 aliphatic carbocycles. The molecule has 3 aromatic rings. The van der Waals surface area contributed by atoms with Crippen LogP contribution in [0, 0.1) is 13.8 Å². The number of aryl methyl sites for hydroxylation is 2. The van der Waals surface area contributed by atoms with Crippen LogP contribution in [0.5, 0.6) is 0 Å². The van der Waals surface area contributed by atoms with Gasteiger partial charge in [0.05, 0.1) is 5.69 Å². The molecule has 160 valence electrons. The first-order valence-corrected chi connectivity index (χ1v) is 10.9. The van der Waals surface area contributed by atoms with Crippen molar-refractivity contribution >= 4 is 33.5 Å². The molecule has 2 aromatic carbocycles. The highest BCUT2D eigenvalue weighted by molar-refractivity contribution is 9.10. The van der Waals surface area contributed by atoms with E-state index < -0.39 is 0 Å². The maximum Gasteiger partial charge on any atom is 0.321 e. The summed E-state index contributed by atoms with van der Waals surface area (Å²) in [7, 11) is 0. The number of hydrogen-bond acceptors (Lipinski definition) is 4. The molecule has 1 fully saturated rings. The smallest absolute Gasteiger partial charge is 0.321 e. The molecule has 8 heteroatoms. The van der Waals surface area contributed by atoms with E-state index in [0.717, 1.165) is 27.2 Å². The number of rotatable bonds is 3. The third kappa shape index (κ3) is 4.80. The topological polar surface area (TPSA) is 70.5 Å². The first-order chi connectivity index (χ1) is 14.9. The van der Waals surface area contributed by atoms with Gasteiger partial charge in [-0.05, 0) is 67.4 Å². The average Bonchev–Trinajstić information content (AvgIpc) is 2.78. The van der Waals surface area contributed by atoms with Crippen LogP contribution >= 0.6 is 15.9 Å². The van der Waals surface area contributed by atoms with Crippen molar-refractivity contribution in [3.05, 3.63) is 80.6 Å². The molecule has 1 aliphatic rings. The van der Waals surface area contributed by atoms with Crippen molar-refractivity contribution in [1.29, 1.82) is 0 Å². The minimum atomic E-state index is -0.167. The largest absolute Gasteiger partial charge is 0.352 e. The van der Waals surface area contributed by atoms with E-state index in [0.29, 0.717) is 26.2 Å². The van der Waals surface area contributed by atoms with Crippen LogP contribution in [0.15, 0.2) is 63.9 Å². The molecule has 1 aliphatic heterocycles. The number of anilines is 2. The summed E-state index contributed by atoms with van der Waals surface area (Å²) >= 11 is 3.39. The van der Waals surface area contributed by atoms with Gasteiger partial charge in [-0.25, -0.2) is 4.79 Å². The predicted molar refractivity (Wildman–Crippen MR) is 126 cm³/mol. The minimum absolute atomic E-state index is 0.116. The summed E-state index contributed by atoms with van der Waals surface area (Å²) < 4.78 is 2.41. The van der Waals surface area contributed by atoms with Crippen molar-refractivity contribution in [2.24, 2.45) is 0 Å². The summed E-state index contributed by atoms with van der Waals surface area (Å²) in [5.74, 6) is 0.728. The third-order valence-corrected chi connectivity index (χ3v) is 6.04. The first-order valence-electron chi connectivity index (χ1n) is 10.2. The van der Waals surface area contributed by atoms with E-state index in [1.165, 1.54) is 10.2 Å². The van der Waals surface area contributed by atoms with Gasteiger partial charge in [0.2, 0.25) is 0 Å². The van der Waals surface area contributed by atoms with Gasteiger partial charge in [0.1, 0.15) is 5.82 Å². The average molecular weight is 482 g/mol. The number of nitrogens with zero attached hydrogens (tertiary/aromatic N) is 4. The molecule has 4 rings (SSSR count). The third-order valence-electron chi connectivity index (χ3n) is 5.51. The Hall–Kier alpha value is -3.13. The van der Waals surface area contributed by atoms with Gasteiger partial charge in [0.15, 0.2) is 0 Å².